The number of nitrogens with zero attached hydrogens (tertiary/aromatic N) is 1. The minimum absolute atomic E-state index is 0.863. The van der Waals surface area contributed by atoms with Gasteiger partial charge in [-0.05, 0) is 51.7 Å². The normalized spacial score (nSPS) is 13.1. The summed E-state index contributed by atoms with van der Waals surface area (Å²) in [6, 6.07) is 0. The first-order valence-electron chi connectivity index (χ1n) is 6.04. The zero-order chi connectivity index (χ0) is 10.8. The van der Waals surface area contributed by atoms with E-state index < -0.39 is 0 Å². The molecule has 84 valence electrons. The highest BCUT2D eigenvalue weighted by atomic mass is 15.1. The van der Waals surface area contributed by atoms with E-state index in [1.54, 1.807) is 0 Å². The monoisotopic (exact) mass is 197 g/mol. The molecule has 0 rings (SSSR count). The van der Waals surface area contributed by atoms with E-state index in [2.05, 4.69) is 38.5 Å². The summed E-state index contributed by atoms with van der Waals surface area (Å²) in [5.74, 6) is 0.863. The second kappa shape index (κ2) is 9.26. The quantitative estimate of drug-likeness (QED) is 0.509. The molecule has 0 aliphatic rings. The molecule has 0 aromatic rings. The second-order valence-corrected chi connectivity index (χ2v) is 4.24. The maximum absolute atomic E-state index is 3.81. The van der Waals surface area contributed by atoms with Crippen LogP contribution in [0, 0.1) is 5.92 Å². The van der Waals surface area contributed by atoms with Gasteiger partial charge >= 0.3 is 0 Å². The second-order valence-electron chi connectivity index (χ2n) is 4.24. The molecule has 14 heavy (non-hydrogen) atoms. The first kappa shape index (κ1) is 13.7. The number of hydrogen-bond acceptors (Lipinski definition) is 1. The lowest BCUT2D eigenvalue weighted by molar-refractivity contribution is 0.311. The van der Waals surface area contributed by atoms with Crippen molar-refractivity contribution in [3.63, 3.8) is 0 Å². The molecule has 1 heteroatoms. The van der Waals surface area contributed by atoms with Gasteiger partial charge in [0, 0.05) is 0 Å². The van der Waals surface area contributed by atoms with Gasteiger partial charge in [-0.3, -0.25) is 0 Å². The summed E-state index contributed by atoms with van der Waals surface area (Å²) < 4.78 is 0. The zero-order valence-corrected chi connectivity index (χ0v) is 10.3. The van der Waals surface area contributed by atoms with Crippen molar-refractivity contribution in [2.45, 2.75) is 46.0 Å². The summed E-state index contributed by atoms with van der Waals surface area (Å²) in [6.45, 7) is 10.8. The van der Waals surface area contributed by atoms with E-state index in [0.29, 0.717) is 0 Å². The van der Waals surface area contributed by atoms with Gasteiger partial charge in [-0.2, -0.15) is 0 Å². The van der Waals surface area contributed by atoms with Gasteiger partial charge in [-0.25, -0.2) is 0 Å². The average molecular weight is 197 g/mol. The van der Waals surface area contributed by atoms with E-state index in [9.17, 15) is 0 Å². The first-order valence-corrected chi connectivity index (χ1v) is 6.04. The minimum Gasteiger partial charge on any atom is -0.306 e. The van der Waals surface area contributed by atoms with Crippen LogP contribution in [-0.2, 0) is 0 Å². The molecule has 1 nitrogen and oxygen atoms in total. The minimum atomic E-state index is 0.863. The van der Waals surface area contributed by atoms with E-state index in [0.717, 1.165) is 5.92 Å². The number of allylic oxidation sites excluding steroid dienone is 1. The van der Waals surface area contributed by atoms with E-state index in [1.165, 1.54) is 45.2 Å². The largest absolute Gasteiger partial charge is 0.306 e. The summed E-state index contributed by atoms with van der Waals surface area (Å²) >= 11 is 0. The molecule has 0 aliphatic heterocycles. The number of hydrogen-bond donors (Lipinski definition) is 0. The van der Waals surface area contributed by atoms with Crippen LogP contribution in [0.4, 0.5) is 0 Å². The molecule has 0 aromatic heterocycles. The van der Waals surface area contributed by atoms with Crippen LogP contribution in [0.3, 0.4) is 0 Å². The van der Waals surface area contributed by atoms with Gasteiger partial charge in [0.25, 0.3) is 0 Å². The van der Waals surface area contributed by atoms with Gasteiger partial charge in [0.2, 0.25) is 0 Å². The predicted octanol–water partition coefficient (Wildman–Crippen LogP) is 3.71. The fraction of sp³-hybridized carbons (Fsp3) is 0.846. The molecule has 0 radical (unpaired) electrons. The molecule has 0 aromatic carbocycles. The Morgan fingerprint density at radius 3 is 2.50 bits per heavy atom. The Hall–Kier alpha value is -0.300. The van der Waals surface area contributed by atoms with Crippen LogP contribution in [0.15, 0.2) is 12.7 Å². The molecule has 0 saturated heterocycles. The maximum Gasteiger partial charge on any atom is -0.00217 e. The maximum atomic E-state index is 3.81. The molecule has 0 saturated carbocycles. The standard InChI is InChI=1S/C13H27N/c1-5-9-13(7-3)10-8-12-14(4)11-6-2/h5,13H,1,6-12H2,2-4H3. The highest BCUT2D eigenvalue weighted by molar-refractivity contribution is 4.72. The van der Waals surface area contributed by atoms with Gasteiger partial charge in [0.1, 0.15) is 0 Å². The van der Waals surface area contributed by atoms with Gasteiger partial charge in [-0.15, -0.1) is 6.58 Å². The SMILES string of the molecule is C=CCC(CC)CCCN(C)CCC. The third-order valence-electron chi connectivity index (χ3n) is 2.83. The molecular weight excluding hydrogens is 170 g/mol. The molecule has 0 spiro atoms. The van der Waals surface area contributed by atoms with E-state index >= 15 is 0 Å². The summed E-state index contributed by atoms with van der Waals surface area (Å²) in [7, 11) is 2.22. The molecule has 0 bridgehead atoms. The topological polar surface area (TPSA) is 3.24 Å². The zero-order valence-electron chi connectivity index (χ0n) is 10.3. The van der Waals surface area contributed by atoms with E-state index in [1.807, 2.05) is 0 Å². The Morgan fingerprint density at radius 2 is 2.00 bits per heavy atom. The number of rotatable bonds is 9. The van der Waals surface area contributed by atoms with Crippen LogP contribution < -0.4 is 0 Å². The van der Waals surface area contributed by atoms with Crippen molar-refractivity contribution in [3.05, 3.63) is 12.7 Å². The summed E-state index contributed by atoms with van der Waals surface area (Å²) in [4.78, 5) is 2.43. The molecule has 0 fully saturated rings. The van der Waals surface area contributed by atoms with E-state index in [-0.39, 0.29) is 0 Å². The molecule has 0 N–H and O–H groups in total. The van der Waals surface area contributed by atoms with Gasteiger partial charge in [-0.1, -0.05) is 26.3 Å². The first-order chi connectivity index (χ1) is 6.74. The summed E-state index contributed by atoms with van der Waals surface area (Å²) in [5.41, 5.74) is 0. The lowest BCUT2D eigenvalue weighted by Gasteiger charge is -2.17. The van der Waals surface area contributed by atoms with Crippen LogP contribution in [0.25, 0.3) is 0 Å². The fourth-order valence-electron chi connectivity index (χ4n) is 1.87. The Morgan fingerprint density at radius 1 is 1.29 bits per heavy atom. The Labute approximate surface area is 90.2 Å². The molecule has 0 amide bonds. The third-order valence-corrected chi connectivity index (χ3v) is 2.83. The lowest BCUT2D eigenvalue weighted by atomic mass is 9.97. The summed E-state index contributed by atoms with van der Waals surface area (Å²) in [5, 5.41) is 0. The van der Waals surface area contributed by atoms with Crippen LogP contribution in [0.1, 0.15) is 46.0 Å². The van der Waals surface area contributed by atoms with Crippen molar-refractivity contribution in [2.24, 2.45) is 5.92 Å². The predicted molar refractivity (Wildman–Crippen MR) is 65.6 cm³/mol. The fourth-order valence-corrected chi connectivity index (χ4v) is 1.87. The Balaban J connectivity index is 3.44. The Kier molecular flexibility index (Phi) is 9.06. The van der Waals surface area contributed by atoms with Gasteiger partial charge in [0.15, 0.2) is 0 Å². The van der Waals surface area contributed by atoms with Gasteiger partial charge in [0.05, 0.1) is 0 Å². The van der Waals surface area contributed by atoms with Crippen LogP contribution in [0.2, 0.25) is 0 Å². The molecular formula is C13H27N. The highest BCUT2D eigenvalue weighted by Crippen LogP contribution is 2.15. The van der Waals surface area contributed by atoms with Crippen molar-refractivity contribution in [1.29, 1.82) is 0 Å². The molecule has 1 atom stereocenters. The highest BCUT2D eigenvalue weighted by Gasteiger charge is 2.04. The summed E-state index contributed by atoms with van der Waals surface area (Å²) in [6.07, 6.45) is 8.50. The van der Waals surface area contributed by atoms with Crippen LogP contribution in [0.5, 0.6) is 0 Å². The van der Waals surface area contributed by atoms with Crippen LogP contribution >= 0.6 is 0 Å². The molecule has 0 aliphatic carbocycles. The average Bonchev–Trinajstić information content (AvgIpc) is 2.17. The van der Waals surface area contributed by atoms with Crippen molar-refractivity contribution >= 4 is 0 Å². The third kappa shape index (κ3) is 7.14. The Bertz CT molecular complexity index is 131. The molecule has 1 unspecified atom stereocenters. The van der Waals surface area contributed by atoms with Crippen molar-refractivity contribution in [3.8, 4) is 0 Å². The lowest BCUT2D eigenvalue weighted by Crippen LogP contribution is -2.20. The smallest absolute Gasteiger partial charge is 0.00217 e. The van der Waals surface area contributed by atoms with Gasteiger partial charge < -0.3 is 4.90 Å². The van der Waals surface area contributed by atoms with E-state index in [4.69, 9.17) is 0 Å². The van der Waals surface area contributed by atoms with Crippen molar-refractivity contribution in [2.75, 3.05) is 20.1 Å². The van der Waals surface area contributed by atoms with Crippen LogP contribution in [-0.4, -0.2) is 25.0 Å². The van der Waals surface area contributed by atoms with Crippen molar-refractivity contribution < 1.29 is 0 Å². The van der Waals surface area contributed by atoms with Crippen molar-refractivity contribution in [1.82, 2.24) is 4.90 Å². The molecule has 0 heterocycles.